The Bertz CT molecular complexity index is 917. The number of guanidine groups is 2. The van der Waals surface area contributed by atoms with Crippen LogP contribution >= 0.6 is 0 Å². The van der Waals surface area contributed by atoms with E-state index in [1.54, 1.807) is 0 Å². The number of carbonyl (C=O) groups excluding carboxylic acids is 4. The molecule has 0 aliphatic rings. The molecule has 4 unspecified atom stereocenters. The summed E-state index contributed by atoms with van der Waals surface area (Å²) in [5.41, 5.74) is 32.1. The van der Waals surface area contributed by atoms with Gasteiger partial charge in [0.05, 0.1) is 6.04 Å². The molecule has 17 nitrogen and oxygen atoms in total. The molecule has 0 radical (unpaired) electrons. The molecule has 0 spiro atoms. The van der Waals surface area contributed by atoms with E-state index >= 15 is 0 Å². The third-order valence-corrected chi connectivity index (χ3v) is 5.52. The minimum Gasteiger partial charge on any atom is -0.480 e. The molecule has 0 aromatic rings. The number of aliphatic imine (C=N–C) groups is 2. The maximum atomic E-state index is 13.2. The summed E-state index contributed by atoms with van der Waals surface area (Å²) in [5.74, 6) is -4.32. The molecule has 4 atom stereocenters. The molecule has 0 aliphatic heterocycles. The monoisotopic (exact) mass is 571 g/mol. The second-order valence-electron chi connectivity index (χ2n) is 9.66. The van der Waals surface area contributed by atoms with E-state index in [1.165, 1.54) is 0 Å². The molecule has 0 heterocycles. The van der Waals surface area contributed by atoms with Crippen LogP contribution in [0.4, 0.5) is 0 Å². The fourth-order valence-corrected chi connectivity index (χ4v) is 3.49. The van der Waals surface area contributed by atoms with Crippen molar-refractivity contribution in [1.29, 1.82) is 0 Å². The van der Waals surface area contributed by atoms with Gasteiger partial charge in [-0.05, 0) is 44.4 Å². The standard InChI is InChI=1S/C23H45N11O6/c1-12(2)11-16(20(38)33-15(21(39)40)6-4-10-31-23(28)29)34-19(37)14(5-3-9-30-22(26)27)32-18(36)13(24)7-8-17(25)35/h12-16H,3-11,24H2,1-2H3,(H2,25,35)(H,32,36)(H,33,38)(H,34,37)(H,39,40)(H4,26,27,30)(H4,28,29,31). The second-order valence-corrected chi connectivity index (χ2v) is 9.66. The van der Waals surface area contributed by atoms with Crippen LogP contribution in [-0.2, 0) is 24.0 Å². The average Bonchev–Trinajstić information content (AvgIpc) is 2.84. The molecule has 0 aliphatic carbocycles. The summed E-state index contributed by atoms with van der Waals surface area (Å²) in [6.45, 7) is 3.99. The quantitative estimate of drug-likeness (QED) is 0.0384. The van der Waals surface area contributed by atoms with Gasteiger partial charge in [0.25, 0.3) is 0 Å². The highest BCUT2D eigenvalue weighted by molar-refractivity contribution is 5.94. The van der Waals surface area contributed by atoms with Crippen LogP contribution in [0.15, 0.2) is 9.98 Å². The maximum Gasteiger partial charge on any atom is 0.326 e. The molecular formula is C23H45N11O6. The van der Waals surface area contributed by atoms with Crippen molar-refractivity contribution in [3.05, 3.63) is 0 Å². The number of nitrogens with zero attached hydrogens (tertiary/aromatic N) is 2. The summed E-state index contributed by atoms with van der Waals surface area (Å²) in [7, 11) is 0. The van der Waals surface area contributed by atoms with Crippen molar-refractivity contribution in [3.8, 4) is 0 Å². The van der Waals surface area contributed by atoms with Crippen molar-refractivity contribution in [3.63, 3.8) is 0 Å². The molecule has 0 rings (SSSR count). The van der Waals surface area contributed by atoms with Crippen LogP contribution in [0.3, 0.4) is 0 Å². The van der Waals surface area contributed by atoms with Crippen LogP contribution in [0.25, 0.3) is 0 Å². The summed E-state index contributed by atoms with van der Waals surface area (Å²) >= 11 is 0. The van der Waals surface area contributed by atoms with Crippen LogP contribution in [0.1, 0.15) is 58.8 Å². The zero-order valence-electron chi connectivity index (χ0n) is 23.1. The first kappa shape index (κ1) is 35.9. The Morgan fingerprint density at radius 1 is 0.700 bits per heavy atom. The molecule has 0 aromatic carbocycles. The van der Waals surface area contributed by atoms with E-state index in [0.29, 0.717) is 6.42 Å². The Kier molecular flexibility index (Phi) is 17.0. The minimum atomic E-state index is -1.26. The van der Waals surface area contributed by atoms with Crippen LogP contribution < -0.4 is 50.4 Å². The summed E-state index contributed by atoms with van der Waals surface area (Å²) in [6, 6.07) is -4.58. The van der Waals surface area contributed by atoms with Crippen LogP contribution in [-0.4, -0.2) is 83.9 Å². The maximum absolute atomic E-state index is 13.2. The van der Waals surface area contributed by atoms with Crippen LogP contribution in [0.5, 0.6) is 0 Å². The smallest absolute Gasteiger partial charge is 0.326 e. The Morgan fingerprint density at radius 3 is 1.60 bits per heavy atom. The first-order valence-electron chi connectivity index (χ1n) is 12.9. The lowest BCUT2D eigenvalue weighted by molar-refractivity contribution is -0.142. The van der Waals surface area contributed by atoms with Crippen molar-refractivity contribution in [2.45, 2.75) is 83.0 Å². The van der Waals surface area contributed by atoms with Gasteiger partial charge in [0.1, 0.15) is 18.1 Å². The van der Waals surface area contributed by atoms with Crippen molar-refractivity contribution < 1.29 is 29.1 Å². The largest absolute Gasteiger partial charge is 0.480 e. The Morgan fingerprint density at radius 2 is 1.15 bits per heavy atom. The highest BCUT2D eigenvalue weighted by atomic mass is 16.4. The van der Waals surface area contributed by atoms with E-state index in [9.17, 15) is 29.1 Å². The molecule has 0 saturated carbocycles. The number of rotatable bonds is 20. The predicted molar refractivity (Wildman–Crippen MR) is 149 cm³/mol. The first-order chi connectivity index (χ1) is 18.6. The summed E-state index contributed by atoms with van der Waals surface area (Å²) in [4.78, 5) is 69.2. The van der Waals surface area contributed by atoms with Gasteiger partial charge in [-0.15, -0.1) is 0 Å². The lowest BCUT2D eigenvalue weighted by Crippen LogP contribution is -2.57. The van der Waals surface area contributed by atoms with E-state index in [0.717, 1.165) is 0 Å². The number of carbonyl (C=O) groups is 5. The molecule has 0 fully saturated rings. The van der Waals surface area contributed by atoms with Gasteiger partial charge < -0.3 is 55.5 Å². The fourth-order valence-electron chi connectivity index (χ4n) is 3.49. The van der Waals surface area contributed by atoms with Crippen LogP contribution in [0.2, 0.25) is 0 Å². The van der Waals surface area contributed by atoms with Crippen molar-refractivity contribution >= 4 is 41.5 Å². The topological polar surface area (TPSA) is 323 Å². The van der Waals surface area contributed by atoms with Gasteiger partial charge in [0.2, 0.25) is 23.6 Å². The van der Waals surface area contributed by atoms with Gasteiger partial charge in [0, 0.05) is 19.5 Å². The minimum absolute atomic E-state index is 0.0261. The van der Waals surface area contributed by atoms with E-state index < -0.39 is 53.8 Å². The van der Waals surface area contributed by atoms with E-state index in [1.807, 2.05) is 13.8 Å². The van der Waals surface area contributed by atoms with Gasteiger partial charge in [-0.2, -0.15) is 0 Å². The Hall–Kier alpha value is -4.15. The molecule has 0 saturated heterocycles. The zero-order chi connectivity index (χ0) is 30.8. The first-order valence-corrected chi connectivity index (χ1v) is 12.9. The lowest BCUT2D eigenvalue weighted by Gasteiger charge is -2.26. The van der Waals surface area contributed by atoms with Crippen molar-refractivity contribution in [2.75, 3.05) is 13.1 Å². The highest BCUT2D eigenvalue weighted by Crippen LogP contribution is 2.09. The fraction of sp³-hybridized carbons (Fsp3) is 0.696. The zero-order valence-corrected chi connectivity index (χ0v) is 23.1. The number of carboxylic acid groups (broad SMARTS) is 1. The van der Waals surface area contributed by atoms with Gasteiger partial charge in [0.15, 0.2) is 11.9 Å². The number of nitrogens with one attached hydrogen (secondary N) is 3. The number of carboxylic acids is 1. The van der Waals surface area contributed by atoms with E-state index in [-0.39, 0.29) is 69.5 Å². The summed E-state index contributed by atoms with van der Waals surface area (Å²) < 4.78 is 0. The molecule has 0 bridgehead atoms. The van der Waals surface area contributed by atoms with Crippen molar-refractivity contribution in [2.24, 2.45) is 50.3 Å². The average molecular weight is 572 g/mol. The predicted octanol–water partition coefficient (Wildman–Crippen LogP) is -3.73. The van der Waals surface area contributed by atoms with E-state index in [4.69, 9.17) is 34.4 Å². The number of hydrogen-bond acceptors (Lipinski definition) is 8. The number of primary amides is 1. The van der Waals surface area contributed by atoms with Gasteiger partial charge in [-0.1, -0.05) is 13.8 Å². The number of hydrogen-bond donors (Lipinski definition) is 10. The third-order valence-electron chi connectivity index (χ3n) is 5.52. The second kappa shape index (κ2) is 19.0. The van der Waals surface area contributed by atoms with Crippen LogP contribution in [0, 0.1) is 5.92 Å². The number of aliphatic carboxylic acids is 1. The Balaban J connectivity index is 5.61. The van der Waals surface area contributed by atoms with Crippen molar-refractivity contribution in [1.82, 2.24) is 16.0 Å². The molecule has 4 amide bonds. The molecule has 0 aromatic heterocycles. The third kappa shape index (κ3) is 16.6. The van der Waals surface area contributed by atoms with Gasteiger partial charge in [-0.25, -0.2) is 4.79 Å². The summed E-state index contributed by atoms with van der Waals surface area (Å²) in [6.07, 6.45) is 0.763. The van der Waals surface area contributed by atoms with Gasteiger partial charge >= 0.3 is 5.97 Å². The molecule has 17 heteroatoms. The number of nitrogens with two attached hydrogens (primary N) is 6. The molecule has 40 heavy (non-hydrogen) atoms. The summed E-state index contributed by atoms with van der Waals surface area (Å²) in [5, 5.41) is 17.1. The molecule has 16 N–H and O–H groups in total. The highest BCUT2D eigenvalue weighted by Gasteiger charge is 2.30. The lowest BCUT2D eigenvalue weighted by atomic mass is 10.0. The Labute approximate surface area is 233 Å². The normalized spacial score (nSPS) is 13.7. The SMILES string of the molecule is CC(C)CC(NC(=O)C(CCCN=C(N)N)NC(=O)C(N)CCC(N)=O)C(=O)NC(CCCN=C(N)N)C(=O)O. The molecular weight excluding hydrogens is 526 g/mol. The van der Waals surface area contributed by atoms with Gasteiger partial charge in [-0.3, -0.25) is 29.2 Å². The molecule has 228 valence electrons. The number of amides is 4. The van der Waals surface area contributed by atoms with E-state index in [2.05, 4.69) is 25.9 Å².